The predicted octanol–water partition coefficient (Wildman–Crippen LogP) is 1.90. The van der Waals surface area contributed by atoms with Gasteiger partial charge >= 0.3 is 11.0 Å². The van der Waals surface area contributed by atoms with Crippen molar-refractivity contribution in [3.63, 3.8) is 0 Å². The summed E-state index contributed by atoms with van der Waals surface area (Å²) in [6.45, 7) is 4.28. The van der Waals surface area contributed by atoms with Gasteiger partial charge in [0, 0.05) is 0 Å². The molecule has 25 heavy (non-hydrogen) atoms. The fourth-order valence-electron chi connectivity index (χ4n) is 0.761. The molecule has 0 fully saturated rings. The predicted molar refractivity (Wildman–Crippen MR) is 76.0 cm³/mol. The number of rotatable bonds is 6. The first-order valence-corrected chi connectivity index (χ1v) is 8.87. The fourth-order valence-corrected chi connectivity index (χ4v) is 2.47. The summed E-state index contributed by atoms with van der Waals surface area (Å²) >= 11 is 0. The van der Waals surface area contributed by atoms with Gasteiger partial charge in [0.15, 0.2) is 25.8 Å². The summed E-state index contributed by atoms with van der Waals surface area (Å²) in [5, 5.41) is 0. The van der Waals surface area contributed by atoms with Gasteiger partial charge in [0.1, 0.15) is 0 Å². The molecule has 0 unspecified atom stereocenters. The van der Waals surface area contributed by atoms with Gasteiger partial charge in [-0.3, -0.25) is 4.79 Å². The van der Waals surface area contributed by atoms with E-state index in [0.717, 1.165) is 15.2 Å². The van der Waals surface area contributed by atoms with Crippen LogP contribution in [0.25, 0.3) is 4.13 Å². The molecule has 0 heterocycles. The molecule has 0 aliphatic heterocycles. The molecular weight excluding hydrogens is 406 g/mol. The lowest BCUT2D eigenvalue weighted by molar-refractivity contribution is -0.869. The highest BCUT2D eigenvalue weighted by Crippen LogP contribution is 2.36. The maximum Gasteiger partial charge on any atom is 0.480 e. The van der Waals surface area contributed by atoms with Crippen LogP contribution >= 0.6 is 0 Å². The average molecular weight is 422 g/mol. The van der Waals surface area contributed by atoms with E-state index in [1.807, 2.05) is 0 Å². The van der Waals surface area contributed by atoms with E-state index in [-0.39, 0.29) is 5.78 Å². The van der Waals surface area contributed by atoms with Crippen LogP contribution in [0.5, 0.6) is 0 Å². The van der Waals surface area contributed by atoms with Crippen LogP contribution in [-0.4, -0.2) is 65.8 Å². The van der Waals surface area contributed by atoms with Crippen LogP contribution < -0.4 is 0 Å². The average Bonchev–Trinajstić information content (AvgIpc) is 2.31. The van der Waals surface area contributed by atoms with Crippen molar-refractivity contribution < 1.29 is 52.5 Å². The molecule has 0 rings (SSSR count). The van der Waals surface area contributed by atoms with Gasteiger partial charge in [0.25, 0.3) is 0 Å². The highest BCUT2D eigenvalue weighted by atomic mass is 32.3. The first-order chi connectivity index (χ1) is 10.7. The number of carbonyl (C=O) groups is 1. The van der Waals surface area contributed by atoms with Crippen LogP contribution in [0.1, 0.15) is 6.42 Å². The normalized spacial score (nSPS) is 13.6. The standard InChI is InChI=1S/C8H16NO.C2F6NO4S2/c1-5-8(10)6-7-9(2,3)4;3-1(4,5)14(10,11)9-15(12,13)2(6,7)8/h5H,1,6-7H2,2-4H3;/q+1;-1. The van der Waals surface area contributed by atoms with Crippen molar-refractivity contribution in [2.75, 3.05) is 27.7 Å². The number of halogens is 6. The third-order valence-electron chi connectivity index (χ3n) is 2.04. The van der Waals surface area contributed by atoms with Gasteiger partial charge in [-0.05, 0) is 6.08 Å². The summed E-state index contributed by atoms with van der Waals surface area (Å²) in [7, 11) is -7.25. The minimum absolute atomic E-state index is 0.132. The van der Waals surface area contributed by atoms with Crippen LogP contribution in [0.2, 0.25) is 0 Å². The van der Waals surface area contributed by atoms with Crippen LogP contribution in [0.4, 0.5) is 26.3 Å². The molecule has 0 N–H and O–H groups in total. The van der Waals surface area contributed by atoms with Crippen molar-refractivity contribution in [1.82, 2.24) is 0 Å². The van der Waals surface area contributed by atoms with Crippen molar-refractivity contribution in [2.45, 2.75) is 17.4 Å². The lowest BCUT2D eigenvalue weighted by atomic mass is 10.2. The van der Waals surface area contributed by atoms with E-state index in [1.165, 1.54) is 6.08 Å². The molecule has 0 saturated heterocycles. The summed E-state index contributed by atoms with van der Waals surface area (Å²) in [5.74, 6) is 0.132. The molecule has 0 bridgehead atoms. The molecule has 0 saturated carbocycles. The van der Waals surface area contributed by atoms with Gasteiger partial charge in [0.2, 0.25) is 0 Å². The SMILES string of the molecule is C=CC(=O)CC[N+](C)(C)C.O=S(=O)([N-]S(=O)(=O)C(F)(F)F)C(F)(F)F. The van der Waals surface area contributed by atoms with E-state index >= 15 is 0 Å². The van der Waals surface area contributed by atoms with Crippen LogP contribution in [-0.2, 0) is 24.8 Å². The zero-order valence-electron chi connectivity index (χ0n) is 13.2. The third-order valence-corrected chi connectivity index (χ3v) is 4.78. The molecule has 0 aliphatic carbocycles. The van der Waals surface area contributed by atoms with Crippen LogP contribution in [0, 0.1) is 0 Å². The van der Waals surface area contributed by atoms with Gasteiger partial charge in [-0.2, -0.15) is 26.3 Å². The van der Waals surface area contributed by atoms with Crippen LogP contribution in [0.15, 0.2) is 12.7 Å². The number of alkyl halides is 6. The van der Waals surface area contributed by atoms with E-state index in [0.29, 0.717) is 6.42 Å². The Balaban J connectivity index is 0. The molecule has 0 aromatic heterocycles. The number of quaternary nitrogens is 1. The minimum Gasteiger partial charge on any atom is -0.421 e. The molecule has 0 atom stereocenters. The summed E-state index contributed by atoms with van der Waals surface area (Å²) in [4.78, 5) is 10.7. The Hall–Kier alpha value is -1.19. The van der Waals surface area contributed by atoms with Crippen molar-refractivity contribution in [2.24, 2.45) is 0 Å². The molecule has 15 heteroatoms. The zero-order valence-corrected chi connectivity index (χ0v) is 14.9. The van der Waals surface area contributed by atoms with Crippen molar-refractivity contribution in [3.8, 4) is 0 Å². The molecule has 0 aliphatic rings. The number of allylic oxidation sites excluding steroid dienone is 1. The molecule has 0 spiro atoms. The monoisotopic (exact) mass is 422 g/mol. The van der Waals surface area contributed by atoms with Gasteiger partial charge in [-0.1, -0.05) is 6.58 Å². The Morgan fingerprint density at radius 1 is 0.960 bits per heavy atom. The summed E-state index contributed by atoms with van der Waals surface area (Å²) < 4.78 is 110. The Bertz CT molecular complexity index is 632. The van der Waals surface area contributed by atoms with E-state index in [4.69, 9.17) is 0 Å². The quantitative estimate of drug-likeness (QED) is 0.370. The van der Waals surface area contributed by atoms with E-state index in [9.17, 15) is 48.0 Å². The molecule has 0 radical (unpaired) electrons. The molecule has 7 nitrogen and oxygen atoms in total. The first kappa shape index (κ1) is 26.0. The molecule has 150 valence electrons. The Labute approximate surface area is 141 Å². The fraction of sp³-hybridized carbons (Fsp3) is 0.700. The number of nitrogens with zero attached hydrogens (tertiary/aromatic N) is 2. The lowest BCUT2D eigenvalue weighted by Crippen LogP contribution is -2.36. The van der Waals surface area contributed by atoms with Crippen molar-refractivity contribution in [3.05, 3.63) is 16.8 Å². The highest BCUT2D eigenvalue weighted by molar-refractivity contribution is 8.13. The third kappa shape index (κ3) is 10.4. The highest BCUT2D eigenvalue weighted by Gasteiger charge is 2.46. The number of ketones is 1. The zero-order chi connectivity index (χ0) is 20.9. The topological polar surface area (TPSA) is 99.4 Å². The molecule has 0 aromatic carbocycles. The van der Waals surface area contributed by atoms with Gasteiger partial charge < -0.3 is 8.61 Å². The summed E-state index contributed by atoms with van der Waals surface area (Å²) in [6, 6.07) is 0. The van der Waals surface area contributed by atoms with E-state index < -0.39 is 31.1 Å². The maximum absolute atomic E-state index is 11.4. The second-order valence-electron chi connectivity index (χ2n) is 5.35. The molecule has 0 aromatic rings. The Morgan fingerprint density at radius 2 is 1.28 bits per heavy atom. The first-order valence-electron chi connectivity index (χ1n) is 5.99. The lowest BCUT2D eigenvalue weighted by Gasteiger charge is -2.22. The Kier molecular flexibility index (Phi) is 8.81. The number of sulfonamides is 2. The number of hydrogen-bond donors (Lipinski definition) is 0. The largest absolute Gasteiger partial charge is 0.480 e. The van der Waals surface area contributed by atoms with Gasteiger partial charge in [-0.25, -0.2) is 16.8 Å². The summed E-state index contributed by atoms with van der Waals surface area (Å²) in [5.41, 5.74) is -12.4. The van der Waals surface area contributed by atoms with Crippen LogP contribution in [0.3, 0.4) is 0 Å². The van der Waals surface area contributed by atoms with Gasteiger partial charge in [0.05, 0.1) is 34.1 Å². The minimum atomic E-state index is -6.72. The maximum atomic E-state index is 11.4. The smallest absolute Gasteiger partial charge is 0.421 e. The molecular formula is C10H16F6N2O5S2. The number of carbonyl (C=O) groups excluding carboxylic acids is 1. The molecule has 0 amide bonds. The van der Waals surface area contributed by atoms with Crippen molar-refractivity contribution >= 4 is 25.8 Å². The van der Waals surface area contributed by atoms with E-state index in [2.05, 4.69) is 27.7 Å². The second kappa shape index (κ2) is 8.46. The number of hydrogen-bond acceptors (Lipinski definition) is 5. The van der Waals surface area contributed by atoms with Gasteiger partial charge in [-0.15, -0.1) is 0 Å². The summed E-state index contributed by atoms with van der Waals surface area (Å²) in [6.07, 6.45) is 1.99. The Morgan fingerprint density at radius 3 is 1.48 bits per heavy atom. The van der Waals surface area contributed by atoms with Crippen molar-refractivity contribution in [1.29, 1.82) is 0 Å². The second-order valence-corrected chi connectivity index (χ2v) is 8.77. The van der Waals surface area contributed by atoms with E-state index in [1.54, 1.807) is 0 Å².